The summed E-state index contributed by atoms with van der Waals surface area (Å²) in [5.41, 5.74) is 2.01. The minimum Gasteiger partial charge on any atom is -0.497 e. The number of hydrogen-bond donors (Lipinski definition) is 1. The van der Waals surface area contributed by atoms with Crippen LogP contribution in [-0.4, -0.2) is 41.7 Å². The third-order valence-electron chi connectivity index (χ3n) is 4.49. The van der Waals surface area contributed by atoms with Crippen molar-refractivity contribution in [2.75, 3.05) is 12.9 Å². The van der Waals surface area contributed by atoms with E-state index in [-0.39, 0.29) is 23.6 Å². The van der Waals surface area contributed by atoms with Gasteiger partial charge in [0.15, 0.2) is 0 Å². The molecule has 1 atom stereocenters. The second-order valence-electron chi connectivity index (χ2n) is 7.33. The summed E-state index contributed by atoms with van der Waals surface area (Å²) in [6, 6.07) is 14.6. The number of carbonyl (C=O) groups is 2. The number of methoxy groups -OCH3 is 1. The molecule has 30 heavy (non-hydrogen) atoms. The Morgan fingerprint density at radius 2 is 1.80 bits per heavy atom. The Kier molecular flexibility index (Phi) is 9.53. The van der Waals surface area contributed by atoms with Gasteiger partial charge in [0.1, 0.15) is 11.8 Å². The van der Waals surface area contributed by atoms with Gasteiger partial charge in [-0.25, -0.2) is 0 Å². The van der Waals surface area contributed by atoms with E-state index < -0.39 is 6.04 Å². The molecule has 0 bridgehead atoms. The molecule has 0 aromatic heterocycles. The number of amides is 2. The van der Waals surface area contributed by atoms with Gasteiger partial charge in [-0.3, -0.25) is 9.59 Å². The van der Waals surface area contributed by atoms with Crippen LogP contribution in [0.3, 0.4) is 0 Å². The van der Waals surface area contributed by atoms with Gasteiger partial charge in [0, 0.05) is 23.4 Å². The van der Waals surface area contributed by atoms with Crippen LogP contribution >= 0.6 is 23.4 Å². The van der Waals surface area contributed by atoms with E-state index in [9.17, 15) is 9.59 Å². The van der Waals surface area contributed by atoms with E-state index in [1.807, 2.05) is 62.4 Å². The van der Waals surface area contributed by atoms with Gasteiger partial charge in [0.2, 0.25) is 11.8 Å². The molecule has 0 spiro atoms. The fraction of sp³-hybridized carbons (Fsp3) is 0.391. The molecule has 5 nitrogen and oxygen atoms in total. The van der Waals surface area contributed by atoms with Crippen LogP contribution in [0.2, 0.25) is 5.02 Å². The average molecular weight is 449 g/mol. The Hall–Kier alpha value is -2.18. The van der Waals surface area contributed by atoms with E-state index >= 15 is 0 Å². The predicted molar refractivity (Wildman–Crippen MR) is 124 cm³/mol. The summed E-state index contributed by atoms with van der Waals surface area (Å²) in [6.45, 7) is 5.91. The molecular formula is C23H29ClN2O3S. The monoisotopic (exact) mass is 448 g/mol. The first-order valence-corrected chi connectivity index (χ1v) is 11.4. The molecule has 7 heteroatoms. The standard InChI is InChI=1S/C23H29ClN2O3S/c1-16(2)25-23(28)17(3)26(13-19-6-5-7-21(12-19)29-4)22(27)15-30-14-18-8-10-20(24)11-9-18/h5-12,16-17H,13-15H2,1-4H3,(H,25,28). The van der Waals surface area contributed by atoms with Gasteiger partial charge < -0.3 is 15.0 Å². The van der Waals surface area contributed by atoms with Crippen LogP contribution in [0, 0.1) is 0 Å². The Labute approximate surface area is 188 Å². The number of ether oxygens (including phenoxy) is 1. The topological polar surface area (TPSA) is 58.6 Å². The Morgan fingerprint density at radius 1 is 1.10 bits per heavy atom. The van der Waals surface area contributed by atoms with E-state index in [2.05, 4.69) is 5.32 Å². The summed E-state index contributed by atoms with van der Waals surface area (Å²) in [6.07, 6.45) is 0. The lowest BCUT2D eigenvalue weighted by molar-refractivity contribution is -0.138. The van der Waals surface area contributed by atoms with E-state index in [0.717, 1.165) is 16.9 Å². The molecule has 2 rings (SSSR count). The smallest absolute Gasteiger partial charge is 0.242 e. The maximum absolute atomic E-state index is 13.1. The number of halogens is 1. The number of rotatable bonds is 10. The van der Waals surface area contributed by atoms with Crippen molar-refractivity contribution < 1.29 is 14.3 Å². The van der Waals surface area contributed by atoms with Crippen molar-refractivity contribution in [3.8, 4) is 5.75 Å². The molecule has 1 unspecified atom stereocenters. The third-order valence-corrected chi connectivity index (χ3v) is 5.73. The fourth-order valence-electron chi connectivity index (χ4n) is 2.87. The van der Waals surface area contributed by atoms with E-state index in [1.165, 1.54) is 11.8 Å². The summed E-state index contributed by atoms with van der Waals surface area (Å²) in [5, 5.41) is 3.59. The summed E-state index contributed by atoms with van der Waals surface area (Å²) in [7, 11) is 1.61. The van der Waals surface area contributed by atoms with Crippen molar-refractivity contribution >= 4 is 35.2 Å². The summed E-state index contributed by atoms with van der Waals surface area (Å²) in [4.78, 5) is 27.3. The van der Waals surface area contributed by atoms with Gasteiger partial charge in [-0.15, -0.1) is 11.8 Å². The molecule has 0 heterocycles. The first-order valence-electron chi connectivity index (χ1n) is 9.85. The van der Waals surface area contributed by atoms with Gasteiger partial charge in [-0.05, 0) is 56.2 Å². The first kappa shape index (κ1) is 24.1. The Balaban J connectivity index is 2.08. The minimum atomic E-state index is -0.581. The zero-order chi connectivity index (χ0) is 22.1. The number of nitrogens with zero attached hydrogens (tertiary/aromatic N) is 1. The highest BCUT2D eigenvalue weighted by atomic mass is 35.5. The van der Waals surface area contributed by atoms with Crippen molar-refractivity contribution in [2.45, 2.75) is 45.2 Å². The van der Waals surface area contributed by atoms with E-state index in [4.69, 9.17) is 16.3 Å². The van der Waals surface area contributed by atoms with Gasteiger partial charge in [0.05, 0.1) is 12.9 Å². The first-order chi connectivity index (χ1) is 14.3. The average Bonchev–Trinajstić information content (AvgIpc) is 2.72. The van der Waals surface area contributed by atoms with Crippen LogP contribution in [0.5, 0.6) is 5.75 Å². The molecule has 0 aliphatic carbocycles. The van der Waals surface area contributed by atoms with Gasteiger partial charge in [0.25, 0.3) is 0 Å². The molecule has 0 aliphatic heterocycles. The summed E-state index contributed by atoms with van der Waals surface area (Å²) < 4.78 is 5.28. The lowest BCUT2D eigenvalue weighted by atomic mass is 10.1. The predicted octanol–water partition coefficient (Wildman–Crippen LogP) is 4.52. The molecule has 0 fully saturated rings. The van der Waals surface area contributed by atoms with Crippen molar-refractivity contribution in [1.29, 1.82) is 0 Å². The molecule has 2 aromatic rings. The zero-order valence-corrected chi connectivity index (χ0v) is 19.4. The molecule has 2 amide bonds. The van der Waals surface area contributed by atoms with Gasteiger partial charge >= 0.3 is 0 Å². The molecule has 2 aromatic carbocycles. The van der Waals surface area contributed by atoms with Crippen molar-refractivity contribution in [3.05, 3.63) is 64.7 Å². The fourth-order valence-corrected chi connectivity index (χ4v) is 3.87. The maximum atomic E-state index is 13.1. The number of benzene rings is 2. The molecule has 1 N–H and O–H groups in total. The van der Waals surface area contributed by atoms with E-state index in [0.29, 0.717) is 17.3 Å². The molecule has 0 saturated heterocycles. The largest absolute Gasteiger partial charge is 0.497 e. The number of carbonyl (C=O) groups excluding carboxylic acids is 2. The van der Waals surface area contributed by atoms with Crippen molar-refractivity contribution in [1.82, 2.24) is 10.2 Å². The van der Waals surface area contributed by atoms with Gasteiger partial charge in [-0.1, -0.05) is 35.9 Å². The molecule has 0 aliphatic rings. The SMILES string of the molecule is COc1cccc(CN(C(=O)CSCc2ccc(Cl)cc2)C(C)C(=O)NC(C)C)c1. The number of nitrogens with one attached hydrogen (secondary N) is 1. The highest BCUT2D eigenvalue weighted by Gasteiger charge is 2.26. The lowest BCUT2D eigenvalue weighted by Crippen LogP contribution is -2.49. The second-order valence-corrected chi connectivity index (χ2v) is 8.75. The summed E-state index contributed by atoms with van der Waals surface area (Å²) in [5.74, 6) is 1.46. The number of hydrogen-bond acceptors (Lipinski definition) is 4. The van der Waals surface area contributed by atoms with Crippen molar-refractivity contribution in [2.24, 2.45) is 0 Å². The van der Waals surface area contributed by atoms with Crippen LogP contribution in [-0.2, 0) is 21.9 Å². The van der Waals surface area contributed by atoms with E-state index in [1.54, 1.807) is 18.9 Å². The van der Waals surface area contributed by atoms with Crippen LogP contribution < -0.4 is 10.1 Å². The highest BCUT2D eigenvalue weighted by molar-refractivity contribution is 7.99. The van der Waals surface area contributed by atoms with Crippen molar-refractivity contribution in [3.63, 3.8) is 0 Å². The highest BCUT2D eigenvalue weighted by Crippen LogP contribution is 2.19. The summed E-state index contributed by atoms with van der Waals surface area (Å²) >= 11 is 7.44. The van der Waals surface area contributed by atoms with Crippen LogP contribution in [0.1, 0.15) is 31.9 Å². The van der Waals surface area contributed by atoms with Gasteiger partial charge in [-0.2, -0.15) is 0 Å². The quantitative estimate of drug-likeness (QED) is 0.580. The van der Waals surface area contributed by atoms with Crippen LogP contribution in [0.4, 0.5) is 0 Å². The number of thioether (sulfide) groups is 1. The third kappa shape index (κ3) is 7.58. The Bertz CT molecular complexity index is 843. The molecule has 0 saturated carbocycles. The maximum Gasteiger partial charge on any atom is 0.242 e. The molecule has 0 radical (unpaired) electrons. The zero-order valence-electron chi connectivity index (χ0n) is 17.9. The van der Waals surface area contributed by atoms with Crippen LogP contribution in [0.15, 0.2) is 48.5 Å². The van der Waals surface area contributed by atoms with Crippen LogP contribution in [0.25, 0.3) is 0 Å². The normalized spacial score (nSPS) is 11.8. The Morgan fingerprint density at radius 3 is 2.43 bits per heavy atom. The lowest BCUT2D eigenvalue weighted by Gasteiger charge is -2.29. The molecular weight excluding hydrogens is 420 g/mol. The molecule has 162 valence electrons. The minimum absolute atomic E-state index is 0.00741. The second kappa shape index (κ2) is 11.9.